The van der Waals surface area contributed by atoms with E-state index in [-0.39, 0.29) is 51.0 Å². The van der Waals surface area contributed by atoms with E-state index in [9.17, 15) is 0 Å². The fourth-order valence-electron chi connectivity index (χ4n) is 8.65. The molecular formula is C58H38Cl2S2Zr. The summed E-state index contributed by atoms with van der Waals surface area (Å²) >= 11 is 3.72. The van der Waals surface area contributed by atoms with Crippen LogP contribution < -0.4 is 24.8 Å². The maximum absolute atomic E-state index is 2.35. The molecule has 0 unspecified atom stereocenters. The second-order valence-corrected chi connectivity index (χ2v) is 17.4. The maximum Gasteiger partial charge on any atom is 4.00 e. The molecule has 2 heterocycles. The zero-order valence-corrected chi connectivity index (χ0v) is 39.6. The second kappa shape index (κ2) is 19.4. The van der Waals surface area contributed by atoms with Crippen molar-refractivity contribution >= 4 is 65.8 Å². The monoisotopic (exact) mass is 958 g/mol. The molecule has 5 heteroatoms. The van der Waals surface area contributed by atoms with Gasteiger partial charge in [0.05, 0.1) is 0 Å². The Morgan fingerprint density at radius 2 is 0.619 bits per heavy atom. The van der Waals surface area contributed by atoms with Gasteiger partial charge in [-0.25, -0.2) is 0 Å². The Morgan fingerprint density at radius 1 is 0.286 bits per heavy atom. The van der Waals surface area contributed by atoms with Gasteiger partial charge in [-0.3, -0.25) is 0 Å². The first-order chi connectivity index (χ1) is 29.7. The van der Waals surface area contributed by atoms with Crippen LogP contribution in [0.25, 0.3) is 107 Å². The summed E-state index contributed by atoms with van der Waals surface area (Å²) in [7, 11) is 0. The zero-order chi connectivity index (χ0) is 39.8. The molecule has 12 aromatic rings. The minimum Gasteiger partial charge on any atom is -1.00 e. The number of rotatable bonds is 6. The van der Waals surface area contributed by atoms with Gasteiger partial charge < -0.3 is 24.8 Å². The zero-order valence-electron chi connectivity index (χ0n) is 34.0. The second-order valence-electron chi connectivity index (χ2n) is 15.2. The molecule has 0 saturated heterocycles. The fraction of sp³-hybridized carbons (Fsp3) is 0. The van der Waals surface area contributed by atoms with Crippen molar-refractivity contribution in [3.63, 3.8) is 0 Å². The third-order valence-electron chi connectivity index (χ3n) is 11.6. The predicted molar refractivity (Wildman–Crippen MR) is 262 cm³/mol. The summed E-state index contributed by atoms with van der Waals surface area (Å²) in [6.07, 6.45) is 0. The van der Waals surface area contributed by atoms with Gasteiger partial charge in [0.25, 0.3) is 0 Å². The standard InChI is InChI=1S/2C29H19S.2ClH.Zr/c2*1-2-9-21(10-3-1)28-16-17-29(30-28)23-18-22-12-7-15-26(27(22)19-23)25-14-6-11-20-8-4-5-13-24(20)25;;;/h2*1-19H;2*1H;/q2*-1;;;+4/p-2. The summed E-state index contributed by atoms with van der Waals surface area (Å²) in [4.78, 5) is 5.25. The third-order valence-corrected chi connectivity index (χ3v) is 13.9. The van der Waals surface area contributed by atoms with Gasteiger partial charge in [-0.05, 0) is 53.6 Å². The molecule has 10 aromatic carbocycles. The molecule has 0 radical (unpaired) electrons. The van der Waals surface area contributed by atoms with Gasteiger partial charge in [-0.15, -0.1) is 69.1 Å². The predicted octanol–water partition coefficient (Wildman–Crippen LogP) is 11.6. The van der Waals surface area contributed by atoms with Crippen LogP contribution in [0.2, 0.25) is 0 Å². The summed E-state index contributed by atoms with van der Waals surface area (Å²) in [5.74, 6) is 0. The van der Waals surface area contributed by atoms with Crippen LogP contribution in [-0.2, 0) is 26.2 Å². The molecule has 0 saturated carbocycles. The van der Waals surface area contributed by atoms with E-state index < -0.39 is 0 Å². The van der Waals surface area contributed by atoms with Crippen molar-refractivity contribution in [1.29, 1.82) is 0 Å². The van der Waals surface area contributed by atoms with Crippen LogP contribution in [0.5, 0.6) is 0 Å². The van der Waals surface area contributed by atoms with Crippen molar-refractivity contribution in [3.8, 4) is 64.0 Å². The first-order valence-corrected chi connectivity index (χ1v) is 22.0. The summed E-state index contributed by atoms with van der Waals surface area (Å²) in [5.41, 5.74) is 10.3. The van der Waals surface area contributed by atoms with E-state index in [0.717, 1.165) is 0 Å². The van der Waals surface area contributed by atoms with E-state index in [4.69, 9.17) is 0 Å². The van der Waals surface area contributed by atoms with Gasteiger partial charge in [0, 0.05) is 9.75 Å². The fourth-order valence-corrected chi connectivity index (χ4v) is 10.6. The largest absolute Gasteiger partial charge is 4.00 e. The van der Waals surface area contributed by atoms with E-state index in [2.05, 4.69) is 231 Å². The van der Waals surface area contributed by atoms with Gasteiger partial charge in [0.2, 0.25) is 0 Å². The number of halogens is 2. The molecule has 0 bridgehead atoms. The Kier molecular flexibility index (Phi) is 13.5. The molecule has 0 N–H and O–H groups in total. The Bertz CT molecular complexity index is 3200. The van der Waals surface area contributed by atoms with Crippen LogP contribution in [0.15, 0.2) is 231 Å². The van der Waals surface area contributed by atoms with E-state index >= 15 is 0 Å². The average Bonchev–Trinajstić information content (AvgIpc) is 4.16. The van der Waals surface area contributed by atoms with Crippen LogP contribution in [0.3, 0.4) is 0 Å². The Balaban J connectivity index is 0.000000165. The first-order valence-electron chi connectivity index (χ1n) is 20.4. The molecule has 0 amide bonds. The molecular weight excluding hydrogens is 923 g/mol. The topological polar surface area (TPSA) is 0 Å². The number of hydrogen-bond acceptors (Lipinski definition) is 2. The van der Waals surface area contributed by atoms with Crippen molar-refractivity contribution < 1.29 is 51.0 Å². The summed E-state index contributed by atoms with van der Waals surface area (Å²) in [6, 6.07) is 83.3. The van der Waals surface area contributed by atoms with E-state index in [0.29, 0.717) is 0 Å². The molecule has 0 aliphatic heterocycles. The van der Waals surface area contributed by atoms with Gasteiger partial charge in [0.1, 0.15) is 0 Å². The van der Waals surface area contributed by atoms with Crippen LogP contribution >= 0.6 is 22.7 Å². The van der Waals surface area contributed by atoms with Crippen molar-refractivity contribution in [2.24, 2.45) is 0 Å². The van der Waals surface area contributed by atoms with Crippen LogP contribution in [0.4, 0.5) is 0 Å². The number of benzene rings is 8. The molecule has 12 rings (SSSR count). The third kappa shape index (κ3) is 8.70. The Labute approximate surface area is 407 Å². The van der Waals surface area contributed by atoms with E-state index in [1.165, 1.54) is 107 Å². The van der Waals surface area contributed by atoms with Crippen LogP contribution in [0.1, 0.15) is 0 Å². The molecule has 2 aromatic heterocycles. The normalized spacial score (nSPS) is 10.8. The van der Waals surface area contributed by atoms with Crippen LogP contribution in [0, 0.1) is 0 Å². The van der Waals surface area contributed by atoms with E-state index in [1.54, 1.807) is 0 Å². The molecule has 0 aliphatic rings. The molecule has 300 valence electrons. The van der Waals surface area contributed by atoms with Crippen molar-refractivity contribution in [2.75, 3.05) is 0 Å². The van der Waals surface area contributed by atoms with Crippen molar-refractivity contribution in [1.82, 2.24) is 0 Å². The average molecular weight is 961 g/mol. The van der Waals surface area contributed by atoms with Crippen LogP contribution in [-0.4, -0.2) is 0 Å². The summed E-state index contributed by atoms with van der Waals surface area (Å²) in [5, 5.41) is 10.4. The molecule has 0 spiro atoms. The molecule has 63 heavy (non-hydrogen) atoms. The number of thiophene rings is 2. The van der Waals surface area contributed by atoms with Gasteiger partial charge in [-0.2, -0.15) is 22.7 Å². The molecule has 0 atom stereocenters. The number of hydrogen-bond donors (Lipinski definition) is 0. The SMILES string of the molecule is [Cl-].[Cl-].[Zr+4].c1ccc(-c2ccc(-c3cc4c(-c5cccc6ccccc56)cccc4[cH-]3)s2)cc1.c1ccc(-c2ccc(-c3cc4c(-c5cccc6ccccc56)cccc4[cH-]3)s2)cc1. The minimum atomic E-state index is 0. The quantitative estimate of drug-likeness (QED) is 0.146. The smallest absolute Gasteiger partial charge is 1.00 e. The summed E-state index contributed by atoms with van der Waals surface area (Å²) < 4.78 is 0. The van der Waals surface area contributed by atoms with Crippen molar-refractivity contribution in [3.05, 3.63) is 231 Å². The summed E-state index contributed by atoms with van der Waals surface area (Å²) in [6.45, 7) is 0. The van der Waals surface area contributed by atoms with Crippen molar-refractivity contribution in [2.45, 2.75) is 0 Å². The van der Waals surface area contributed by atoms with Gasteiger partial charge in [0.15, 0.2) is 0 Å². The molecule has 0 nitrogen and oxygen atoms in total. The van der Waals surface area contributed by atoms with Gasteiger partial charge in [-0.1, -0.05) is 205 Å². The Morgan fingerprint density at radius 3 is 1.05 bits per heavy atom. The van der Waals surface area contributed by atoms with Gasteiger partial charge >= 0.3 is 26.2 Å². The molecule has 0 fully saturated rings. The molecule has 0 aliphatic carbocycles. The number of fused-ring (bicyclic) bond motifs is 4. The first kappa shape index (κ1) is 44.0. The van der Waals surface area contributed by atoms with E-state index in [1.807, 2.05) is 22.7 Å². The maximum atomic E-state index is 2.35. The Hall–Kier alpha value is -5.64. The minimum absolute atomic E-state index is 0.